The predicted molar refractivity (Wildman–Crippen MR) is 89.7 cm³/mol. The second-order valence-electron chi connectivity index (χ2n) is 4.79. The number of hydrogen-bond acceptors (Lipinski definition) is 5. The largest absolute Gasteiger partial charge is 0.310 e. The molecule has 1 aromatic carbocycles. The van der Waals surface area contributed by atoms with E-state index < -0.39 is 0 Å². The van der Waals surface area contributed by atoms with E-state index in [4.69, 9.17) is 0 Å². The molecule has 6 nitrogen and oxygen atoms in total. The summed E-state index contributed by atoms with van der Waals surface area (Å²) in [6, 6.07) is 13.3. The number of aryl methyl sites for hydroxylation is 1. The van der Waals surface area contributed by atoms with Crippen LogP contribution >= 0.6 is 11.8 Å². The number of hydrogen-bond donors (Lipinski definition) is 1. The van der Waals surface area contributed by atoms with E-state index in [0.29, 0.717) is 11.0 Å². The van der Waals surface area contributed by atoms with Gasteiger partial charge in [-0.3, -0.25) is 4.79 Å². The minimum Gasteiger partial charge on any atom is -0.310 e. The van der Waals surface area contributed by atoms with E-state index in [1.807, 2.05) is 43.3 Å². The second kappa shape index (κ2) is 7.06. The van der Waals surface area contributed by atoms with Crippen LogP contribution in [0.15, 0.2) is 60.0 Å². The zero-order valence-corrected chi connectivity index (χ0v) is 13.3. The maximum Gasteiger partial charge on any atom is 0.236 e. The predicted octanol–water partition coefficient (Wildman–Crippen LogP) is 2.70. The van der Waals surface area contributed by atoms with E-state index >= 15 is 0 Å². The second-order valence-corrected chi connectivity index (χ2v) is 5.73. The highest BCUT2D eigenvalue weighted by Crippen LogP contribution is 2.18. The van der Waals surface area contributed by atoms with Gasteiger partial charge in [-0.25, -0.2) is 14.6 Å². The number of nitrogens with one attached hydrogen (secondary N) is 1. The lowest BCUT2D eigenvalue weighted by Crippen LogP contribution is -2.17. The summed E-state index contributed by atoms with van der Waals surface area (Å²) in [7, 11) is 0. The van der Waals surface area contributed by atoms with Crippen molar-refractivity contribution in [2.45, 2.75) is 12.1 Å². The van der Waals surface area contributed by atoms with E-state index in [9.17, 15) is 4.79 Å². The fourth-order valence-electron chi connectivity index (χ4n) is 2.02. The standard InChI is InChI=1S/C16H15N5OS/c1-12-10-14(21(20-12)13-6-3-2-4-7-13)19-15(22)11-23-16-17-8-5-9-18-16/h2-10H,11H2,1H3,(H,19,22). The van der Waals surface area contributed by atoms with Gasteiger partial charge in [0, 0.05) is 18.5 Å². The number of nitrogens with zero attached hydrogens (tertiary/aromatic N) is 4. The summed E-state index contributed by atoms with van der Waals surface area (Å²) in [5, 5.41) is 7.89. The minimum atomic E-state index is -0.125. The molecule has 0 saturated carbocycles. The van der Waals surface area contributed by atoms with Crippen LogP contribution < -0.4 is 5.32 Å². The highest BCUT2D eigenvalue weighted by molar-refractivity contribution is 7.99. The summed E-state index contributed by atoms with van der Waals surface area (Å²) in [6.07, 6.45) is 3.31. The number of rotatable bonds is 5. The molecule has 2 aromatic heterocycles. The fourth-order valence-corrected chi connectivity index (χ4v) is 2.63. The molecule has 0 fully saturated rings. The lowest BCUT2D eigenvalue weighted by Gasteiger charge is -2.08. The highest BCUT2D eigenvalue weighted by atomic mass is 32.2. The quantitative estimate of drug-likeness (QED) is 0.577. The first-order valence-corrected chi connectivity index (χ1v) is 8.03. The van der Waals surface area contributed by atoms with Crippen LogP contribution in [0.4, 0.5) is 5.82 Å². The number of para-hydroxylation sites is 1. The molecule has 0 aliphatic carbocycles. The van der Waals surface area contributed by atoms with E-state index in [2.05, 4.69) is 20.4 Å². The fraction of sp³-hybridized carbons (Fsp3) is 0.125. The Morgan fingerprint density at radius 2 is 1.91 bits per heavy atom. The molecule has 0 atom stereocenters. The van der Waals surface area contributed by atoms with Crippen LogP contribution in [0.3, 0.4) is 0 Å². The average molecular weight is 325 g/mol. The average Bonchev–Trinajstić information content (AvgIpc) is 2.95. The normalized spacial score (nSPS) is 10.5. The lowest BCUT2D eigenvalue weighted by atomic mass is 10.3. The summed E-state index contributed by atoms with van der Waals surface area (Å²) in [5.41, 5.74) is 1.73. The monoisotopic (exact) mass is 325 g/mol. The van der Waals surface area contributed by atoms with Gasteiger partial charge in [0.1, 0.15) is 5.82 Å². The van der Waals surface area contributed by atoms with E-state index in [-0.39, 0.29) is 11.7 Å². The van der Waals surface area contributed by atoms with Gasteiger partial charge in [0.2, 0.25) is 5.91 Å². The smallest absolute Gasteiger partial charge is 0.236 e. The van der Waals surface area contributed by atoms with Gasteiger partial charge in [0.15, 0.2) is 5.16 Å². The van der Waals surface area contributed by atoms with Crippen molar-refractivity contribution < 1.29 is 4.79 Å². The van der Waals surface area contributed by atoms with Gasteiger partial charge in [0.05, 0.1) is 17.1 Å². The molecular formula is C16H15N5OS. The molecule has 3 rings (SSSR count). The molecule has 0 unspecified atom stereocenters. The Labute approximate surface area is 138 Å². The number of aromatic nitrogens is 4. The topological polar surface area (TPSA) is 72.7 Å². The summed E-state index contributed by atoms with van der Waals surface area (Å²) in [5.74, 6) is 0.760. The zero-order valence-electron chi connectivity index (χ0n) is 12.5. The van der Waals surface area contributed by atoms with Crippen LogP contribution in [0, 0.1) is 6.92 Å². The third-order valence-corrected chi connectivity index (χ3v) is 3.85. The van der Waals surface area contributed by atoms with Crippen molar-refractivity contribution in [2.24, 2.45) is 0 Å². The molecular weight excluding hydrogens is 310 g/mol. The lowest BCUT2D eigenvalue weighted by molar-refractivity contribution is -0.113. The van der Waals surface area contributed by atoms with Crippen molar-refractivity contribution in [1.82, 2.24) is 19.7 Å². The maximum atomic E-state index is 12.1. The molecule has 0 aliphatic heterocycles. The number of anilines is 1. The first kappa shape index (κ1) is 15.2. The van der Waals surface area contributed by atoms with Crippen molar-refractivity contribution in [3.05, 3.63) is 60.6 Å². The molecule has 3 aromatic rings. The Hall–Kier alpha value is -2.67. The SMILES string of the molecule is Cc1cc(NC(=O)CSc2ncccn2)n(-c2ccccc2)n1. The molecule has 0 bridgehead atoms. The third-order valence-electron chi connectivity index (χ3n) is 2.97. The first-order chi connectivity index (χ1) is 11.2. The molecule has 1 N–H and O–H groups in total. The van der Waals surface area contributed by atoms with Gasteiger partial charge in [-0.05, 0) is 25.1 Å². The Balaban J connectivity index is 1.69. The van der Waals surface area contributed by atoms with Crippen LogP contribution in [0.25, 0.3) is 5.69 Å². The van der Waals surface area contributed by atoms with Crippen molar-refractivity contribution in [3.8, 4) is 5.69 Å². The van der Waals surface area contributed by atoms with Crippen molar-refractivity contribution in [3.63, 3.8) is 0 Å². The number of thioether (sulfide) groups is 1. The van der Waals surface area contributed by atoms with Crippen molar-refractivity contribution in [2.75, 3.05) is 11.1 Å². The maximum absolute atomic E-state index is 12.1. The first-order valence-electron chi connectivity index (χ1n) is 7.04. The summed E-state index contributed by atoms with van der Waals surface area (Å²) in [6.45, 7) is 1.89. The molecule has 116 valence electrons. The zero-order chi connectivity index (χ0) is 16.1. The number of carbonyl (C=O) groups is 1. The minimum absolute atomic E-state index is 0.125. The van der Waals surface area contributed by atoms with Crippen molar-refractivity contribution >= 4 is 23.5 Å². The van der Waals surface area contributed by atoms with Crippen LogP contribution in [0.5, 0.6) is 0 Å². The molecule has 7 heteroatoms. The van der Waals surface area contributed by atoms with Crippen LogP contribution in [-0.4, -0.2) is 31.4 Å². The van der Waals surface area contributed by atoms with Crippen LogP contribution in [0.1, 0.15) is 5.69 Å². The molecule has 0 aliphatic rings. The molecule has 1 amide bonds. The Morgan fingerprint density at radius 1 is 1.17 bits per heavy atom. The van der Waals surface area contributed by atoms with Gasteiger partial charge in [-0.15, -0.1) is 0 Å². The summed E-state index contributed by atoms with van der Waals surface area (Å²) >= 11 is 1.29. The van der Waals surface area contributed by atoms with E-state index in [0.717, 1.165) is 11.4 Å². The van der Waals surface area contributed by atoms with Crippen LogP contribution in [0.2, 0.25) is 0 Å². The van der Waals surface area contributed by atoms with E-state index in [1.165, 1.54) is 11.8 Å². The van der Waals surface area contributed by atoms with Gasteiger partial charge >= 0.3 is 0 Å². The highest BCUT2D eigenvalue weighted by Gasteiger charge is 2.11. The molecule has 23 heavy (non-hydrogen) atoms. The van der Waals surface area contributed by atoms with Gasteiger partial charge in [-0.2, -0.15) is 5.10 Å². The molecule has 0 spiro atoms. The summed E-state index contributed by atoms with van der Waals surface area (Å²) < 4.78 is 1.72. The number of carbonyl (C=O) groups excluding carboxylic acids is 1. The Bertz CT molecular complexity index is 789. The number of amides is 1. The van der Waals surface area contributed by atoms with E-state index in [1.54, 1.807) is 23.1 Å². The summed E-state index contributed by atoms with van der Waals surface area (Å²) in [4.78, 5) is 20.3. The van der Waals surface area contributed by atoms with Crippen molar-refractivity contribution in [1.29, 1.82) is 0 Å². The van der Waals surface area contributed by atoms with Gasteiger partial charge in [-0.1, -0.05) is 30.0 Å². The molecule has 0 saturated heterocycles. The molecule has 2 heterocycles. The number of benzene rings is 1. The third kappa shape index (κ3) is 3.95. The molecule has 0 radical (unpaired) electrons. The van der Waals surface area contributed by atoms with Gasteiger partial charge in [0.25, 0.3) is 0 Å². The Kier molecular flexibility index (Phi) is 4.68. The van der Waals surface area contributed by atoms with Crippen LogP contribution in [-0.2, 0) is 4.79 Å². The van der Waals surface area contributed by atoms with Gasteiger partial charge < -0.3 is 5.32 Å². The Morgan fingerprint density at radius 3 is 2.65 bits per heavy atom.